The Balaban J connectivity index is 2.08. The van der Waals surface area contributed by atoms with Crippen LogP contribution in [0.4, 0.5) is 0 Å². The molecule has 0 aromatic carbocycles. The van der Waals surface area contributed by atoms with Gasteiger partial charge in [-0.15, -0.1) is 11.3 Å². The van der Waals surface area contributed by atoms with Gasteiger partial charge in [-0.1, -0.05) is 0 Å². The highest BCUT2D eigenvalue weighted by atomic mass is 32.1. The van der Waals surface area contributed by atoms with Crippen LogP contribution in [-0.2, 0) is 4.74 Å². The second-order valence-electron chi connectivity index (χ2n) is 4.20. The molecule has 0 bridgehead atoms. The molecule has 1 saturated heterocycles. The Hall–Kier alpha value is -0.420. The van der Waals surface area contributed by atoms with Gasteiger partial charge in [0.05, 0.1) is 12.6 Å². The molecule has 0 aliphatic carbocycles. The smallest absolute Gasteiger partial charge is 0.0593 e. The Labute approximate surface area is 101 Å². The molecule has 1 aromatic rings. The summed E-state index contributed by atoms with van der Waals surface area (Å²) in [4.78, 5) is 5.21. The molecule has 0 spiro atoms. The van der Waals surface area contributed by atoms with Crippen LogP contribution in [0.3, 0.4) is 0 Å². The standard InChI is InChI=1S/C12H20N2OS/c1-10-3-4-12(16-10)11(9-13)14-5-2-7-15-8-6-14/h3-4,11H,2,5-9,13H2,1H3. The third-order valence-corrected chi connectivity index (χ3v) is 4.11. The summed E-state index contributed by atoms with van der Waals surface area (Å²) >= 11 is 1.86. The van der Waals surface area contributed by atoms with E-state index in [4.69, 9.17) is 10.5 Å². The number of nitrogens with zero attached hydrogens (tertiary/aromatic N) is 1. The molecule has 1 aromatic heterocycles. The van der Waals surface area contributed by atoms with E-state index in [1.807, 2.05) is 11.3 Å². The molecule has 1 fully saturated rings. The zero-order valence-electron chi connectivity index (χ0n) is 9.82. The van der Waals surface area contributed by atoms with E-state index >= 15 is 0 Å². The summed E-state index contributed by atoms with van der Waals surface area (Å²) in [7, 11) is 0. The van der Waals surface area contributed by atoms with Crippen LogP contribution in [0.25, 0.3) is 0 Å². The summed E-state index contributed by atoms with van der Waals surface area (Å²) in [5.41, 5.74) is 5.92. The first-order valence-corrected chi connectivity index (χ1v) is 6.71. The van der Waals surface area contributed by atoms with E-state index in [9.17, 15) is 0 Å². The summed E-state index contributed by atoms with van der Waals surface area (Å²) in [6, 6.07) is 4.76. The lowest BCUT2D eigenvalue weighted by molar-refractivity contribution is 0.133. The number of hydrogen-bond donors (Lipinski definition) is 1. The average Bonchev–Trinajstić information content (AvgIpc) is 2.55. The van der Waals surface area contributed by atoms with Crippen LogP contribution in [0.1, 0.15) is 22.2 Å². The molecule has 0 radical (unpaired) electrons. The minimum atomic E-state index is 0.375. The first-order chi connectivity index (χ1) is 7.81. The lowest BCUT2D eigenvalue weighted by atomic mass is 10.2. The van der Waals surface area contributed by atoms with Crippen molar-refractivity contribution in [3.63, 3.8) is 0 Å². The maximum Gasteiger partial charge on any atom is 0.0593 e. The molecule has 1 unspecified atom stereocenters. The summed E-state index contributed by atoms with van der Waals surface area (Å²) in [6.07, 6.45) is 1.11. The quantitative estimate of drug-likeness (QED) is 0.875. The summed E-state index contributed by atoms with van der Waals surface area (Å²) in [5.74, 6) is 0. The minimum Gasteiger partial charge on any atom is -0.380 e. The second kappa shape index (κ2) is 5.77. The van der Waals surface area contributed by atoms with Crippen molar-refractivity contribution in [3.05, 3.63) is 21.9 Å². The minimum absolute atomic E-state index is 0.375. The van der Waals surface area contributed by atoms with Gasteiger partial charge in [-0.05, 0) is 25.5 Å². The van der Waals surface area contributed by atoms with Crippen molar-refractivity contribution in [1.82, 2.24) is 4.90 Å². The molecule has 1 atom stereocenters. The second-order valence-corrected chi connectivity index (χ2v) is 5.52. The summed E-state index contributed by atoms with van der Waals surface area (Å²) < 4.78 is 5.48. The fourth-order valence-corrected chi connectivity index (χ4v) is 3.18. The molecular weight excluding hydrogens is 220 g/mol. The number of hydrogen-bond acceptors (Lipinski definition) is 4. The molecule has 3 nitrogen and oxygen atoms in total. The van der Waals surface area contributed by atoms with Gasteiger partial charge in [-0.3, -0.25) is 4.90 Å². The molecule has 0 amide bonds. The molecular formula is C12H20N2OS. The van der Waals surface area contributed by atoms with Gasteiger partial charge in [-0.2, -0.15) is 0 Å². The largest absolute Gasteiger partial charge is 0.380 e. The monoisotopic (exact) mass is 240 g/mol. The summed E-state index contributed by atoms with van der Waals surface area (Å²) in [6.45, 7) is 6.66. The zero-order valence-corrected chi connectivity index (χ0v) is 10.6. The Morgan fingerprint density at radius 3 is 3.00 bits per heavy atom. The molecule has 2 rings (SSSR count). The van der Waals surface area contributed by atoms with Gasteiger partial charge in [0.25, 0.3) is 0 Å². The molecule has 4 heteroatoms. The van der Waals surface area contributed by atoms with Crippen molar-refractivity contribution in [2.24, 2.45) is 5.73 Å². The first-order valence-electron chi connectivity index (χ1n) is 5.89. The van der Waals surface area contributed by atoms with Crippen LogP contribution in [0.2, 0.25) is 0 Å². The van der Waals surface area contributed by atoms with Gasteiger partial charge in [-0.25, -0.2) is 0 Å². The van der Waals surface area contributed by atoms with E-state index in [1.54, 1.807) is 0 Å². The van der Waals surface area contributed by atoms with E-state index in [2.05, 4.69) is 24.0 Å². The molecule has 2 N–H and O–H groups in total. The fourth-order valence-electron chi connectivity index (χ4n) is 2.15. The van der Waals surface area contributed by atoms with Crippen LogP contribution in [-0.4, -0.2) is 37.7 Å². The highest BCUT2D eigenvalue weighted by Gasteiger charge is 2.21. The van der Waals surface area contributed by atoms with E-state index in [0.717, 1.165) is 32.7 Å². The SMILES string of the molecule is Cc1ccc(C(CN)N2CCCOCC2)s1. The van der Waals surface area contributed by atoms with Crippen LogP contribution in [0.5, 0.6) is 0 Å². The molecule has 90 valence electrons. The van der Waals surface area contributed by atoms with Crippen LogP contribution < -0.4 is 5.73 Å². The van der Waals surface area contributed by atoms with Crippen molar-refractivity contribution in [2.75, 3.05) is 32.8 Å². The Bertz CT molecular complexity index is 319. The number of rotatable bonds is 3. The lowest BCUT2D eigenvalue weighted by Crippen LogP contribution is -2.35. The Morgan fingerprint density at radius 2 is 2.31 bits per heavy atom. The average molecular weight is 240 g/mol. The van der Waals surface area contributed by atoms with Gasteiger partial charge < -0.3 is 10.5 Å². The van der Waals surface area contributed by atoms with Crippen LogP contribution >= 0.6 is 11.3 Å². The lowest BCUT2D eigenvalue weighted by Gasteiger charge is -2.28. The number of aryl methyl sites for hydroxylation is 1. The maximum atomic E-state index is 5.92. The van der Waals surface area contributed by atoms with Gasteiger partial charge in [0.15, 0.2) is 0 Å². The van der Waals surface area contributed by atoms with Gasteiger partial charge in [0.2, 0.25) is 0 Å². The van der Waals surface area contributed by atoms with Gasteiger partial charge in [0, 0.05) is 36.0 Å². The van der Waals surface area contributed by atoms with Crippen molar-refractivity contribution in [2.45, 2.75) is 19.4 Å². The predicted molar refractivity (Wildman–Crippen MR) is 67.9 cm³/mol. The molecule has 2 heterocycles. The van der Waals surface area contributed by atoms with Crippen LogP contribution in [0, 0.1) is 6.92 Å². The third-order valence-electron chi connectivity index (χ3n) is 3.01. The summed E-state index contributed by atoms with van der Waals surface area (Å²) in [5, 5.41) is 0. The van der Waals surface area contributed by atoms with Crippen molar-refractivity contribution in [3.8, 4) is 0 Å². The first kappa shape index (κ1) is 12.0. The number of nitrogens with two attached hydrogens (primary N) is 1. The molecule has 16 heavy (non-hydrogen) atoms. The Morgan fingerprint density at radius 1 is 1.44 bits per heavy atom. The van der Waals surface area contributed by atoms with E-state index in [1.165, 1.54) is 9.75 Å². The van der Waals surface area contributed by atoms with E-state index in [0.29, 0.717) is 12.6 Å². The molecule has 1 aliphatic rings. The number of ether oxygens (including phenoxy) is 1. The van der Waals surface area contributed by atoms with Crippen LogP contribution in [0.15, 0.2) is 12.1 Å². The van der Waals surface area contributed by atoms with Crippen molar-refractivity contribution < 1.29 is 4.74 Å². The van der Waals surface area contributed by atoms with Gasteiger partial charge in [0.1, 0.15) is 0 Å². The van der Waals surface area contributed by atoms with Crippen molar-refractivity contribution in [1.29, 1.82) is 0 Å². The highest BCUT2D eigenvalue weighted by Crippen LogP contribution is 2.27. The number of thiophene rings is 1. The fraction of sp³-hybridized carbons (Fsp3) is 0.667. The maximum absolute atomic E-state index is 5.92. The van der Waals surface area contributed by atoms with Gasteiger partial charge >= 0.3 is 0 Å². The molecule has 0 saturated carbocycles. The van der Waals surface area contributed by atoms with Crippen molar-refractivity contribution >= 4 is 11.3 Å². The normalized spacial score (nSPS) is 20.6. The van der Waals surface area contributed by atoms with E-state index in [-0.39, 0.29) is 0 Å². The predicted octanol–water partition coefficient (Wildman–Crippen LogP) is 1.78. The highest BCUT2D eigenvalue weighted by molar-refractivity contribution is 7.12. The molecule has 1 aliphatic heterocycles. The topological polar surface area (TPSA) is 38.5 Å². The zero-order chi connectivity index (χ0) is 11.4. The van der Waals surface area contributed by atoms with E-state index < -0.39 is 0 Å². The Kier molecular flexibility index (Phi) is 4.35. The third kappa shape index (κ3) is 2.83.